The molecule has 1 aromatic carbocycles. The molecule has 2 rings (SSSR count). The zero-order chi connectivity index (χ0) is 16.8. The average Bonchev–Trinajstić information content (AvgIpc) is 2.54. The van der Waals surface area contributed by atoms with E-state index in [1.165, 1.54) is 12.3 Å². The molecule has 0 spiro atoms. The molecular formula is C18H21N3O2. The van der Waals surface area contributed by atoms with Gasteiger partial charge in [-0.05, 0) is 50.1 Å². The summed E-state index contributed by atoms with van der Waals surface area (Å²) in [5.74, 6) is -0.542. The van der Waals surface area contributed by atoms with Crippen molar-refractivity contribution in [3.63, 3.8) is 0 Å². The molecule has 0 aliphatic rings. The number of carbonyl (C=O) groups excluding carboxylic acids is 2. The van der Waals surface area contributed by atoms with Gasteiger partial charge in [0.25, 0.3) is 11.8 Å². The minimum absolute atomic E-state index is 0.0836. The predicted molar refractivity (Wildman–Crippen MR) is 90.6 cm³/mol. The first-order chi connectivity index (χ1) is 11.0. The fraction of sp³-hybridized carbons (Fsp3) is 0.278. The molecule has 2 amide bonds. The van der Waals surface area contributed by atoms with Gasteiger partial charge in [0.15, 0.2) is 0 Å². The van der Waals surface area contributed by atoms with E-state index in [0.29, 0.717) is 11.3 Å². The summed E-state index contributed by atoms with van der Waals surface area (Å²) < 4.78 is 0. The fourth-order valence-electron chi connectivity index (χ4n) is 2.02. The highest BCUT2D eigenvalue weighted by molar-refractivity contribution is 6.04. The third-order valence-electron chi connectivity index (χ3n) is 3.52. The molecule has 120 valence electrons. The third kappa shape index (κ3) is 4.64. The lowest BCUT2D eigenvalue weighted by Crippen LogP contribution is -2.32. The van der Waals surface area contributed by atoms with Crippen LogP contribution >= 0.6 is 0 Å². The van der Waals surface area contributed by atoms with E-state index in [1.807, 2.05) is 45.0 Å². The standard InChI is InChI=1S/C18H21N3O2/c1-4-13(3)20-17(22)14-8-9-19-16(11-14)18(23)21-15-7-5-6-12(2)10-15/h5-11,13H,4H2,1-3H3,(H,20,22)(H,21,23). The van der Waals surface area contributed by atoms with Crippen LogP contribution in [0.5, 0.6) is 0 Å². The summed E-state index contributed by atoms with van der Waals surface area (Å²) in [6, 6.07) is 10.7. The molecule has 2 N–H and O–H groups in total. The Balaban J connectivity index is 2.12. The number of nitrogens with zero attached hydrogens (tertiary/aromatic N) is 1. The van der Waals surface area contributed by atoms with E-state index in [0.717, 1.165) is 12.0 Å². The molecular weight excluding hydrogens is 290 g/mol. The van der Waals surface area contributed by atoms with Crippen LogP contribution in [0.4, 0.5) is 5.69 Å². The number of aromatic nitrogens is 1. The van der Waals surface area contributed by atoms with E-state index >= 15 is 0 Å². The van der Waals surface area contributed by atoms with Gasteiger partial charge in [-0.25, -0.2) is 0 Å². The maximum Gasteiger partial charge on any atom is 0.274 e. The summed E-state index contributed by atoms with van der Waals surface area (Å²) in [4.78, 5) is 28.4. The Hall–Kier alpha value is -2.69. The number of anilines is 1. The molecule has 0 aliphatic carbocycles. The predicted octanol–water partition coefficient (Wildman–Crippen LogP) is 3.17. The largest absolute Gasteiger partial charge is 0.350 e. The maximum absolute atomic E-state index is 12.3. The first-order valence-corrected chi connectivity index (χ1v) is 7.64. The van der Waals surface area contributed by atoms with E-state index in [4.69, 9.17) is 0 Å². The Kier molecular flexibility index (Phi) is 5.46. The molecule has 0 radical (unpaired) electrons. The van der Waals surface area contributed by atoms with Crippen LogP contribution in [0.25, 0.3) is 0 Å². The van der Waals surface area contributed by atoms with Gasteiger partial charge in [-0.3, -0.25) is 14.6 Å². The van der Waals surface area contributed by atoms with E-state index in [-0.39, 0.29) is 23.6 Å². The number of nitrogens with one attached hydrogen (secondary N) is 2. The Bertz CT molecular complexity index is 713. The molecule has 1 atom stereocenters. The van der Waals surface area contributed by atoms with Gasteiger partial charge in [0.2, 0.25) is 0 Å². The van der Waals surface area contributed by atoms with Crippen LogP contribution in [0.1, 0.15) is 46.7 Å². The SMILES string of the molecule is CCC(C)NC(=O)c1ccnc(C(=O)Nc2cccc(C)c2)c1. The molecule has 23 heavy (non-hydrogen) atoms. The number of benzene rings is 1. The number of rotatable bonds is 5. The van der Waals surface area contributed by atoms with Gasteiger partial charge >= 0.3 is 0 Å². The molecule has 1 unspecified atom stereocenters. The topological polar surface area (TPSA) is 71.1 Å². The van der Waals surface area contributed by atoms with E-state index < -0.39 is 0 Å². The molecule has 0 bridgehead atoms. The van der Waals surface area contributed by atoms with Crippen LogP contribution in [0, 0.1) is 6.92 Å². The minimum atomic E-state index is -0.339. The molecule has 0 fully saturated rings. The number of aryl methyl sites for hydroxylation is 1. The first-order valence-electron chi connectivity index (χ1n) is 7.64. The molecule has 2 aromatic rings. The zero-order valence-electron chi connectivity index (χ0n) is 13.6. The summed E-state index contributed by atoms with van der Waals surface area (Å²) in [5, 5.41) is 5.65. The number of amides is 2. The number of hydrogen-bond donors (Lipinski definition) is 2. The molecule has 5 nitrogen and oxygen atoms in total. The van der Waals surface area contributed by atoms with Gasteiger partial charge in [-0.15, -0.1) is 0 Å². The molecule has 5 heteroatoms. The summed E-state index contributed by atoms with van der Waals surface area (Å²) in [6.07, 6.45) is 2.31. The van der Waals surface area contributed by atoms with Crippen molar-refractivity contribution >= 4 is 17.5 Å². The zero-order valence-corrected chi connectivity index (χ0v) is 13.6. The number of hydrogen-bond acceptors (Lipinski definition) is 3. The lowest BCUT2D eigenvalue weighted by atomic mass is 10.1. The first kappa shape index (κ1) is 16.7. The van der Waals surface area contributed by atoms with Gasteiger partial charge in [-0.2, -0.15) is 0 Å². The highest BCUT2D eigenvalue weighted by atomic mass is 16.2. The normalized spacial score (nSPS) is 11.6. The van der Waals surface area contributed by atoms with Crippen LogP contribution in [0.2, 0.25) is 0 Å². The summed E-state index contributed by atoms with van der Waals surface area (Å²) in [6.45, 7) is 5.89. The number of pyridine rings is 1. The van der Waals surface area contributed by atoms with Crippen LogP contribution in [-0.2, 0) is 0 Å². The van der Waals surface area contributed by atoms with Crippen molar-refractivity contribution in [3.05, 3.63) is 59.4 Å². The molecule has 0 saturated heterocycles. The Labute approximate surface area is 136 Å². The van der Waals surface area contributed by atoms with Crippen LogP contribution in [0.3, 0.4) is 0 Å². The second-order valence-electron chi connectivity index (χ2n) is 5.54. The van der Waals surface area contributed by atoms with Crippen LogP contribution in [-0.4, -0.2) is 22.8 Å². The van der Waals surface area contributed by atoms with Gasteiger partial charge in [0.1, 0.15) is 5.69 Å². The highest BCUT2D eigenvalue weighted by Crippen LogP contribution is 2.11. The smallest absolute Gasteiger partial charge is 0.274 e. The second-order valence-corrected chi connectivity index (χ2v) is 5.54. The Morgan fingerprint density at radius 3 is 2.65 bits per heavy atom. The van der Waals surface area contributed by atoms with E-state index in [1.54, 1.807) is 6.07 Å². The van der Waals surface area contributed by atoms with Gasteiger partial charge in [0.05, 0.1) is 0 Å². The van der Waals surface area contributed by atoms with Crippen LogP contribution in [0.15, 0.2) is 42.6 Å². The summed E-state index contributed by atoms with van der Waals surface area (Å²) in [5.41, 5.74) is 2.39. The highest BCUT2D eigenvalue weighted by Gasteiger charge is 2.13. The van der Waals surface area contributed by atoms with Crippen molar-refractivity contribution in [2.24, 2.45) is 0 Å². The minimum Gasteiger partial charge on any atom is -0.350 e. The molecule has 1 heterocycles. The second kappa shape index (κ2) is 7.54. The molecule has 1 aromatic heterocycles. The molecule has 0 saturated carbocycles. The summed E-state index contributed by atoms with van der Waals surface area (Å²) >= 11 is 0. The maximum atomic E-state index is 12.3. The fourth-order valence-corrected chi connectivity index (χ4v) is 2.02. The van der Waals surface area contributed by atoms with Gasteiger partial charge < -0.3 is 10.6 Å². The number of carbonyl (C=O) groups is 2. The Morgan fingerprint density at radius 1 is 1.17 bits per heavy atom. The quantitative estimate of drug-likeness (QED) is 0.891. The van der Waals surface area contributed by atoms with Gasteiger partial charge in [0, 0.05) is 23.5 Å². The van der Waals surface area contributed by atoms with Gasteiger partial charge in [-0.1, -0.05) is 19.1 Å². The Morgan fingerprint density at radius 2 is 1.96 bits per heavy atom. The third-order valence-corrected chi connectivity index (χ3v) is 3.52. The van der Waals surface area contributed by atoms with Crippen molar-refractivity contribution in [3.8, 4) is 0 Å². The lowest BCUT2D eigenvalue weighted by molar-refractivity contribution is 0.0939. The molecule has 0 aliphatic heterocycles. The monoisotopic (exact) mass is 311 g/mol. The van der Waals surface area contributed by atoms with E-state index in [9.17, 15) is 9.59 Å². The summed E-state index contributed by atoms with van der Waals surface area (Å²) in [7, 11) is 0. The van der Waals surface area contributed by atoms with E-state index in [2.05, 4.69) is 15.6 Å². The van der Waals surface area contributed by atoms with Crippen molar-refractivity contribution in [2.45, 2.75) is 33.2 Å². The van der Waals surface area contributed by atoms with Crippen molar-refractivity contribution in [2.75, 3.05) is 5.32 Å². The van der Waals surface area contributed by atoms with Crippen LogP contribution < -0.4 is 10.6 Å². The lowest BCUT2D eigenvalue weighted by Gasteiger charge is -2.11. The average molecular weight is 311 g/mol. The van der Waals surface area contributed by atoms with Crippen molar-refractivity contribution in [1.82, 2.24) is 10.3 Å². The van der Waals surface area contributed by atoms with Crippen molar-refractivity contribution < 1.29 is 9.59 Å². The van der Waals surface area contributed by atoms with Crippen molar-refractivity contribution in [1.29, 1.82) is 0 Å².